The number of amides is 1. The molecule has 0 heterocycles. The van der Waals surface area contributed by atoms with Crippen LogP contribution in [0.15, 0.2) is 42.5 Å². The van der Waals surface area contributed by atoms with Crippen molar-refractivity contribution in [1.29, 1.82) is 0 Å². The van der Waals surface area contributed by atoms with Gasteiger partial charge in [-0.2, -0.15) is 0 Å². The maximum absolute atomic E-state index is 10.3. The third kappa shape index (κ3) is 2.99. The Hall–Kier alpha value is -1.51. The number of hydrogen-bond donors (Lipinski definition) is 1. The molecule has 4 heteroatoms. The molecule has 0 atom stereocenters. The normalized spacial score (nSPS) is 10.0. The lowest BCUT2D eigenvalue weighted by atomic mass is 10.1. The maximum atomic E-state index is 10.3. The molecular weight excluding hydrogens is 257 g/mol. The van der Waals surface area contributed by atoms with Crippen LogP contribution in [0, 0.1) is 0 Å². The molecular formula is C13H9Cl2NO. The van der Waals surface area contributed by atoms with E-state index in [1.54, 1.807) is 6.07 Å². The van der Waals surface area contributed by atoms with Gasteiger partial charge in [0.1, 0.15) is 0 Å². The Labute approximate surface area is 109 Å². The zero-order valence-electron chi connectivity index (χ0n) is 8.78. The van der Waals surface area contributed by atoms with Crippen LogP contribution in [0.1, 0.15) is 0 Å². The van der Waals surface area contributed by atoms with Crippen molar-refractivity contribution in [3.8, 4) is 11.1 Å². The van der Waals surface area contributed by atoms with E-state index in [0.717, 1.165) is 16.8 Å². The van der Waals surface area contributed by atoms with Gasteiger partial charge >= 0.3 is 0 Å². The number of anilines is 1. The van der Waals surface area contributed by atoms with Crippen molar-refractivity contribution in [1.82, 2.24) is 0 Å². The van der Waals surface area contributed by atoms with Crippen molar-refractivity contribution in [2.45, 2.75) is 0 Å². The van der Waals surface area contributed by atoms with Gasteiger partial charge in [-0.25, -0.2) is 0 Å². The summed E-state index contributed by atoms with van der Waals surface area (Å²) in [5.74, 6) is 0. The fourth-order valence-corrected chi connectivity index (χ4v) is 2.07. The largest absolute Gasteiger partial charge is 0.329 e. The summed E-state index contributed by atoms with van der Waals surface area (Å²) in [5.41, 5.74) is 2.68. The second-order valence-electron chi connectivity index (χ2n) is 3.50. The predicted molar refractivity (Wildman–Crippen MR) is 71.6 cm³/mol. The third-order valence-electron chi connectivity index (χ3n) is 2.31. The molecule has 0 fully saturated rings. The molecule has 1 N–H and O–H groups in total. The summed E-state index contributed by atoms with van der Waals surface area (Å²) in [5, 5.41) is 3.78. The van der Waals surface area contributed by atoms with Gasteiger partial charge in [0.25, 0.3) is 0 Å². The van der Waals surface area contributed by atoms with Crippen LogP contribution in [0.2, 0.25) is 10.0 Å². The van der Waals surface area contributed by atoms with Crippen molar-refractivity contribution < 1.29 is 4.79 Å². The molecule has 2 aromatic rings. The van der Waals surface area contributed by atoms with Crippen LogP contribution < -0.4 is 5.32 Å². The maximum Gasteiger partial charge on any atom is 0.211 e. The van der Waals surface area contributed by atoms with Crippen LogP contribution in [0.25, 0.3) is 11.1 Å². The van der Waals surface area contributed by atoms with E-state index in [9.17, 15) is 4.79 Å². The highest BCUT2D eigenvalue weighted by atomic mass is 35.5. The Morgan fingerprint density at radius 2 is 1.47 bits per heavy atom. The van der Waals surface area contributed by atoms with Gasteiger partial charge in [0.15, 0.2) is 0 Å². The molecule has 17 heavy (non-hydrogen) atoms. The molecule has 0 bridgehead atoms. The predicted octanol–water partition coefficient (Wildman–Crippen LogP) is 4.23. The Morgan fingerprint density at radius 3 is 2.00 bits per heavy atom. The number of rotatable bonds is 3. The summed E-state index contributed by atoms with van der Waals surface area (Å²) in [7, 11) is 0. The van der Waals surface area contributed by atoms with Crippen molar-refractivity contribution in [2.75, 3.05) is 5.32 Å². The summed E-state index contributed by atoms with van der Waals surface area (Å²) in [4.78, 5) is 10.3. The van der Waals surface area contributed by atoms with E-state index in [2.05, 4.69) is 5.32 Å². The van der Waals surface area contributed by atoms with Gasteiger partial charge in [0.2, 0.25) is 6.41 Å². The summed E-state index contributed by atoms with van der Waals surface area (Å²) < 4.78 is 0. The lowest BCUT2D eigenvalue weighted by molar-refractivity contribution is -0.105. The Kier molecular flexibility index (Phi) is 3.67. The molecule has 2 aromatic carbocycles. The SMILES string of the molecule is O=CNc1ccc(-c2cc(Cl)cc(Cl)c2)cc1. The average Bonchev–Trinajstić information content (AvgIpc) is 2.29. The first-order chi connectivity index (χ1) is 8.19. The van der Waals surface area contributed by atoms with E-state index in [0.29, 0.717) is 16.5 Å². The van der Waals surface area contributed by atoms with Gasteiger partial charge < -0.3 is 5.32 Å². The number of carbonyl (C=O) groups excluding carboxylic acids is 1. The highest BCUT2D eigenvalue weighted by Gasteiger charge is 2.01. The zero-order valence-corrected chi connectivity index (χ0v) is 10.3. The number of carbonyl (C=O) groups is 1. The number of benzene rings is 2. The number of halogens is 2. The number of nitrogens with one attached hydrogen (secondary N) is 1. The quantitative estimate of drug-likeness (QED) is 0.827. The smallest absolute Gasteiger partial charge is 0.211 e. The van der Waals surface area contributed by atoms with Crippen molar-refractivity contribution in [2.24, 2.45) is 0 Å². The molecule has 0 aliphatic carbocycles. The van der Waals surface area contributed by atoms with E-state index in [-0.39, 0.29) is 0 Å². The van der Waals surface area contributed by atoms with Crippen LogP contribution in [0.5, 0.6) is 0 Å². The standard InChI is InChI=1S/C13H9Cl2NO/c14-11-5-10(6-12(15)7-11)9-1-3-13(4-2-9)16-8-17/h1-8H,(H,16,17). The minimum Gasteiger partial charge on any atom is -0.329 e. The summed E-state index contributed by atoms with van der Waals surface area (Å²) in [6.07, 6.45) is 0.644. The van der Waals surface area contributed by atoms with Gasteiger partial charge in [-0.05, 0) is 41.5 Å². The van der Waals surface area contributed by atoms with Crippen LogP contribution in [0.4, 0.5) is 5.69 Å². The topological polar surface area (TPSA) is 29.1 Å². The molecule has 0 saturated heterocycles. The minimum atomic E-state index is 0.600. The average molecular weight is 266 g/mol. The Bertz CT molecular complexity index is 517. The fourth-order valence-electron chi connectivity index (χ4n) is 1.55. The van der Waals surface area contributed by atoms with Crippen molar-refractivity contribution in [3.63, 3.8) is 0 Å². The Balaban J connectivity index is 2.35. The molecule has 0 aliphatic rings. The monoisotopic (exact) mass is 265 g/mol. The highest BCUT2D eigenvalue weighted by Crippen LogP contribution is 2.27. The van der Waals surface area contributed by atoms with Gasteiger partial charge in [0.05, 0.1) is 0 Å². The van der Waals surface area contributed by atoms with Gasteiger partial charge in [-0.15, -0.1) is 0 Å². The molecule has 0 unspecified atom stereocenters. The molecule has 2 rings (SSSR count). The van der Waals surface area contributed by atoms with Crippen LogP contribution >= 0.6 is 23.2 Å². The molecule has 86 valence electrons. The van der Waals surface area contributed by atoms with Crippen molar-refractivity contribution in [3.05, 3.63) is 52.5 Å². The second kappa shape index (κ2) is 5.21. The molecule has 2 nitrogen and oxygen atoms in total. The molecule has 0 spiro atoms. The van der Waals surface area contributed by atoms with Crippen LogP contribution in [-0.2, 0) is 4.79 Å². The molecule has 0 radical (unpaired) electrons. The first-order valence-corrected chi connectivity index (χ1v) is 5.71. The van der Waals surface area contributed by atoms with E-state index in [4.69, 9.17) is 23.2 Å². The van der Waals surface area contributed by atoms with Gasteiger partial charge in [0, 0.05) is 15.7 Å². The van der Waals surface area contributed by atoms with E-state index >= 15 is 0 Å². The van der Waals surface area contributed by atoms with Crippen molar-refractivity contribution >= 4 is 35.3 Å². The van der Waals surface area contributed by atoms with Crippen LogP contribution in [0.3, 0.4) is 0 Å². The Morgan fingerprint density at radius 1 is 0.882 bits per heavy atom. The van der Waals surface area contributed by atoms with Gasteiger partial charge in [-0.1, -0.05) is 35.3 Å². The summed E-state index contributed by atoms with van der Waals surface area (Å²) >= 11 is 11.9. The van der Waals surface area contributed by atoms with Crippen LogP contribution in [-0.4, -0.2) is 6.41 Å². The van der Waals surface area contributed by atoms with Gasteiger partial charge in [-0.3, -0.25) is 4.79 Å². The number of hydrogen-bond acceptors (Lipinski definition) is 1. The fraction of sp³-hybridized carbons (Fsp3) is 0. The summed E-state index contributed by atoms with van der Waals surface area (Å²) in [6, 6.07) is 12.8. The minimum absolute atomic E-state index is 0.600. The lowest BCUT2D eigenvalue weighted by Gasteiger charge is -2.05. The third-order valence-corrected chi connectivity index (χ3v) is 2.74. The first-order valence-electron chi connectivity index (χ1n) is 4.96. The molecule has 1 amide bonds. The van der Waals surface area contributed by atoms with E-state index in [1.807, 2.05) is 36.4 Å². The summed E-state index contributed by atoms with van der Waals surface area (Å²) in [6.45, 7) is 0. The lowest BCUT2D eigenvalue weighted by Crippen LogP contribution is -1.92. The van der Waals surface area contributed by atoms with E-state index < -0.39 is 0 Å². The zero-order chi connectivity index (χ0) is 12.3. The molecule has 0 saturated carbocycles. The van der Waals surface area contributed by atoms with E-state index in [1.165, 1.54) is 0 Å². The highest BCUT2D eigenvalue weighted by molar-refractivity contribution is 6.35. The molecule has 0 aromatic heterocycles. The second-order valence-corrected chi connectivity index (χ2v) is 4.37. The first kappa shape index (κ1) is 12.0. The molecule has 0 aliphatic heterocycles.